The summed E-state index contributed by atoms with van der Waals surface area (Å²) < 4.78 is 24.5. The van der Waals surface area contributed by atoms with Crippen molar-refractivity contribution in [3.05, 3.63) is 59.4 Å². The van der Waals surface area contributed by atoms with Crippen LogP contribution >= 0.6 is 0 Å². The third-order valence-electron chi connectivity index (χ3n) is 3.41. The first-order valence-electron chi connectivity index (χ1n) is 7.49. The summed E-state index contributed by atoms with van der Waals surface area (Å²) in [6.45, 7) is 3.88. The normalized spacial score (nSPS) is 10.5. The van der Waals surface area contributed by atoms with E-state index < -0.39 is 0 Å². The number of hydrogen-bond donors (Lipinski definition) is 1. The molecular formula is C18H22FNO2. The molecule has 0 aliphatic heterocycles. The molecule has 2 aromatic carbocycles. The van der Waals surface area contributed by atoms with E-state index in [2.05, 4.69) is 5.32 Å². The lowest BCUT2D eigenvalue weighted by Gasteiger charge is -2.14. The minimum Gasteiger partial charge on any atom is -0.493 e. The highest BCUT2D eigenvalue weighted by Crippen LogP contribution is 2.30. The van der Waals surface area contributed by atoms with Gasteiger partial charge in [0.1, 0.15) is 5.82 Å². The summed E-state index contributed by atoms with van der Waals surface area (Å²) in [6, 6.07) is 12.7. The first kappa shape index (κ1) is 16.3. The Morgan fingerprint density at radius 2 is 1.82 bits per heavy atom. The molecule has 0 heterocycles. The van der Waals surface area contributed by atoms with E-state index >= 15 is 0 Å². The number of methoxy groups -OCH3 is 1. The van der Waals surface area contributed by atoms with Gasteiger partial charge in [-0.25, -0.2) is 4.39 Å². The second kappa shape index (κ2) is 8.39. The zero-order valence-electron chi connectivity index (χ0n) is 13.1. The van der Waals surface area contributed by atoms with Crippen LogP contribution in [-0.2, 0) is 13.0 Å². The van der Waals surface area contributed by atoms with Crippen LogP contribution in [0.5, 0.6) is 11.5 Å². The Labute approximate surface area is 131 Å². The van der Waals surface area contributed by atoms with Gasteiger partial charge in [-0.05, 0) is 37.6 Å². The summed E-state index contributed by atoms with van der Waals surface area (Å²) in [5.41, 5.74) is 1.76. The van der Waals surface area contributed by atoms with Gasteiger partial charge in [-0.15, -0.1) is 0 Å². The second-order valence-electron chi connectivity index (χ2n) is 4.90. The topological polar surface area (TPSA) is 30.5 Å². The first-order valence-corrected chi connectivity index (χ1v) is 7.49. The van der Waals surface area contributed by atoms with Crippen LogP contribution in [0.4, 0.5) is 4.39 Å². The van der Waals surface area contributed by atoms with Crippen LogP contribution in [0.2, 0.25) is 0 Å². The summed E-state index contributed by atoms with van der Waals surface area (Å²) in [5.74, 6) is 1.35. The molecule has 0 unspecified atom stereocenters. The van der Waals surface area contributed by atoms with E-state index in [1.165, 1.54) is 6.07 Å². The van der Waals surface area contributed by atoms with Crippen LogP contribution in [0.1, 0.15) is 18.1 Å². The average Bonchev–Trinajstić information content (AvgIpc) is 2.54. The van der Waals surface area contributed by atoms with Gasteiger partial charge in [-0.3, -0.25) is 0 Å². The number of hydrogen-bond acceptors (Lipinski definition) is 3. The molecule has 1 N–H and O–H groups in total. The maximum absolute atomic E-state index is 13.5. The predicted molar refractivity (Wildman–Crippen MR) is 86.0 cm³/mol. The zero-order chi connectivity index (χ0) is 15.8. The molecule has 0 saturated carbocycles. The van der Waals surface area contributed by atoms with Gasteiger partial charge >= 0.3 is 0 Å². The fourth-order valence-corrected chi connectivity index (χ4v) is 2.32. The number of benzene rings is 2. The van der Waals surface area contributed by atoms with Crippen molar-refractivity contribution in [3.8, 4) is 11.5 Å². The molecule has 2 rings (SSSR count). The van der Waals surface area contributed by atoms with Gasteiger partial charge in [0.2, 0.25) is 0 Å². The lowest BCUT2D eigenvalue weighted by Crippen LogP contribution is -2.18. The largest absolute Gasteiger partial charge is 0.493 e. The van der Waals surface area contributed by atoms with Crippen molar-refractivity contribution in [1.82, 2.24) is 5.32 Å². The molecule has 0 amide bonds. The molecule has 0 atom stereocenters. The van der Waals surface area contributed by atoms with Crippen LogP contribution in [0, 0.1) is 5.82 Å². The number of nitrogens with one attached hydrogen (secondary N) is 1. The van der Waals surface area contributed by atoms with Crippen LogP contribution < -0.4 is 14.8 Å². The van der Waals surface area contributed by atoms with Crippen molar-refractivity contribution in [2.75, 3.05) is 20.3 Å². The van der Waals surface area contributed by atoms with Crippen LogP contribution in [-0.4, -0.2) is 20.3 Å². The summed E-state index contributed by atoms with van der Waals surface area (Å²) in [4.78, 5) is 0. The molecule has 0 radical (unpaired) electrons. The average molecular weight is 303 g/mol. The SMILES string of the molecule is CCOc1c(CNCCc2ccccc2F)cccc1OC. The maximum Gasteiger partial charge on any atom is 0.165 e. The third-order valence-corrected chi connectivity index (χ3v) is 3.41. The van der Waals surface area contributed by atoms with E-state index in [9.17, 15) is 4.39 Å². The summed E-state index contributed by atoms with van der Waals surface area (Å²) in [5, 5.41) is 3.33. The van der Waals surface area contributed by atoms with Crippen molar-refractivity contribution in [2.45, 2.75) is 19.9 Å². The summed E-state index contributed by atoms with van der Waals surface area (Å²) >= 11 is 0. The smallest absolute Gasteiger partial charge is 0.165 e. The molecule has 4 heteroatoms. The molecule has 0 spiro atoms. The van der Waals surface area contributed by atoms with Gasteiger partial charge in [-0.1, -0.05) is 30.3 Å². The first-order chi connectivity index (χ1) is 10.8. The Balaban J connectivity index is 1.93. The van der Waals surface area contributed by atoms with Crippen LogP contribution in [0.25, 0.3) is 0 Å². The van der Waals surface area contributed by atoms with Crippen molar-refractivity contribution >= 4 is 0 Å². The third kappa shape index (κ3) is 4.21. The van der Waals surface area contributed by atoms with E-state index in [-0.39, 0.29) is 5.82 Å². The van der Waals surface area contributed by atoms with Gasteiger partial charge < -0.3 is 14.8 Å². The van der Waals surface area contributed by atoms with Crippen LogP contribution in [0.3, 0.4) is 0 Å². The highest BCUT2D eigenvalue weighted by molar-refractivity contribution is 5.46. The van der Waals surface area contributed by atoms with Gasteiger partial charge in [0.05, 0.1) is 13.7 Å². The quantitative estimate of drug-likeness (QED) is 0.756. The van der Waals surface area contributed by atoms with Gasteiger partial charge in [-0.2, -0.15) is 0 Å². The molecule has 0 saturated heterocycles. The van der Waals surface area contributed by atoms with E-state index in [0.717, 1.165) is 22.6 Å². The monoisotopic (exact) mass is 303 g/mol. The Morgan fingerprint density at radius 3 is 2.55 bits per heavy atom. The number of halogens is 1. The van der Waals surface area contributed by atoms with Crippen molar-refractivity contribution in [3.63, 3.8) is 0 Å². The Kier molecular flexibility index (Phi) is 6.22. The van der Waals surface area contributed by atoms with Gasteiger partial charge in [0.15, 0.2) is 11.5 Å². The zero-order valence-corrected chi connectivity index (χ0v) is 13.1. The number of rotatable bonds is 8. The lowest BCUT2D eigenvalue weighted by atomic mass is 10.1. The second-order valence-corrected chi connectivity index (χ2v) is 4.90. The van der Waals surface area contributed by atoms with Crippen molar-refractivity contribution in [2.24, 2.45) is 0 Å². The Hall–Kier alpha value is -2.07. The van der Waals surface area contributed by atoms with E-state index in [0.29, 0.717) is 26.1 Å². The Morgan fingerprint density at radius 1 is 1.05 bits per heavy atom. The molecule has 0 aliphatic carbocycles. The number of para-hydroxylation sites is 1. The predicted octanol–water partition coefficient (Wildman–Crippen LogP) is 3.57. The standard InChI is InChI=1S/C18H22FNO2/c1-3-22-18-15(8-6-10-17(18)21-2)13-20-12-11-14-7-4-5-9-16(14)19/h4-10,20H,3,11-13H2,1-2H3. The molecule has 0 aliphatic rings. The fraction of sp³-hybridized carbons (Fsp3) is 0.333. The van der Waals surface area contributed by atoms with E-state index in [1.807, 2.05) is 37.3 Å². The lowest BCUT2D eigenvalue weighted by molar-refractivity contribution is 0.307. The summed E-state index contributed by atoms with van der Waals surface area (Å²) in [7, 11) is 1.63. The van der Waals surface area contributed by atoms with Crippen LogP contribution in [0.15, 0.2) is 42.5 Å². The molecule has 0 fully saturated rings. The minimum absolute atomic E-state index is 0.152. The van der Waals surface area contributed by atoms with E-state index in [4.69, 9.17) is 9.47 Å². The van der Waals surface area contributed by atoms with Crippen molar-refractivity contribution < 1.29 is 13.9 Å². The highest BCUT2D eigenvalue weighted by Gasteiger charge is 2.09. The molecule has 0 bridgehead atoms. The summed E-state index contributed by atoms with van der Waals surface area (Å²) in [6.07, 6.45) is 0.653. The molecule has 118 valence electrons. The number of ether oxygens (including phenoxy) is 2. The highest BCUT2D eigenvalue weighted by atomic mass is 19.1. The fourth-order valence-electron chi connectivity index (χ4n) is 2.32. The molecule has 2 aromatic rings. The van der Waals surface area contributed by atoms with Gasteiger partial charge in [0, 0.05) is 12.1 Å². The molecule has 22 heavy (non-hydrogen) atoms. The maximum atomic E-state index is 13.5. The molecule has 3 nitrogen and oxygen atoms in total. The molecule has 0 aromatic heterocycles. The van der Waals surface area contributed by atoms with Gasteiger partial charge in [0.25, 0.3) is 0 Å². The van der Waals surface area contributed by atoms with E-state index in [1.54, 1.807) is 13.2 Å². The molecular weight excluding hydrogens is 281 g/mol. The Bertz CT molecular complexity index is 601. The van der Waals surface area contributed by atoms with Crippen molar-refractivity contribution in [1.29, 1.82) is 0 Å². The minimum atomic E-state index is -0.152.